The highest BCUT2D eigenvalue weighted by molar-refractivity contribution is 5.28. The van der Waals surface area contributed by atoms with E-state index in [1.807, 2.05) is 12.1 Å². The molecule has 2 aromatic carbocycles. The first-order valence-electron chi connectivity index (χ1n) is 17.7. The van der Waals surface area contributed by atoms with Crippen LogP contribution in [-0.4, -0.2) is 95.1 Å². The maximum absolute atomic E-state index is 13.9. The second kappa shape index (κ2) is 15.1. The third kappa shape index (κ3) is 7.64. The Morgan fingerprint density at radius 2 is 1.43 bits per heavy atom. The topological polar surface area (TPSA) is 196 Å². The Hall–Kier alpha value is -4.29. The minimum Gasteiger partial charge on any atom is -0.497 e. The minimum atomic E-state index is -1.24. The number of ether oxygens (including phenoxy) is 9. The lowest BCUT2D eigenvalue weighted by Crippen LogP contribution is -2.59. The molecule has 17 heteroatoms. The quantitative estimate of drug-likeness (QED) is 0.161. The van der Waals surface area contributed by atoms with Gasteiger partial charge in [-0.25, -0.2) is 4.79 Å². The summed E-state index contributed by atoms with van der Waals surface area (Å²) in [6, 6.07) is 14.7. The summed E-state index contributed by atoms with van der Waals surface area (Å²) in [7, 11) is 3.13. The first-order valence-corrected chi connectivity index (χ1v) is 17.7. The number of fused-ring (bicyclic) bond motifs is 2. The van der Waals surface area contributed by atoms with Gasteiger partial charge in [-0.1, -0.05) is 29.4 Å². The zero-order chi connectivity index (χ0) is 38.4. The molecule has 0 spiro atoms. The van der Waals surface area contributed by atoms with Crippen molar-refractivity contribution in [2.45, 2.75) is 120 Å². The summed E-state index contributed by atoms with van der Waals surface area (Å²) in [5.41, 5.74) is 9.94. The molecular formula is C37H45N5O12. The molecule has 4 aliphatic rings. The largest absolute Gasteiger partial charge is 0.497 e. The fourth-order valence-corrected chi connectivity index (χ4v) is 7.56. The van der Waals surface area contributed by atoms with Crippen LogP contribution in [0.15, 0.2) is 75.5 Å². The van der Waals surface area contributed by atoms with Crippen LogP contribution in [0.25, 0.3) is 10.4 Å². The number of benzene rings is 2. The molecule has 0 saturated carbocycles. The minimum absolute atomic E-state index is 0.0207. The highest BCUT2D eigenvalue weighted by atomic mass is 16.8. The van der Waals surface area contributed by atoms with Gasteiger partial charge in [-0.3, -0.25) is 13.9 Å². The maximum atomic E-state index is 13.9. The SMILES string of the molecule is COc1ccc(CO[C@@H]2O[C@H]([C@H](O)C[C@H]3O[C@@H](n4ccc(=O)n(Cc5ccc(OC)cc5)c4=O)[C@@H]4OC(C)(C)O[C@@H]43)[C@@H]3OC(C)(C)O[C@@H]3[C@H]2N=[N+]=[N-])cc1. The molecule has 1 aromatic heterocycles. The molecule has 7 rings (SSSR count). The van der Waals surface area contributed by atoms with Crippen LogP contribution >= 0.6 is 0 Å². The Balaban J connectivity index is 1.13. The van der Waals surface area contributed by atoms with Crippen LogP contribution in [0.4, 0.5) is 0 Å². The maximum Gasteiger partial charge on any atom is 0.333 e. The van der Waals surface area contributed by atoms with E-state index in [2.05, 4.69) is 10.0 Å². The Labute approximate surface area is 310 Å². The highest BCUT2D eigenvalue weighted by Crippen LogP contribution is 2.46. The smallest absolute Gasteiger partial charge is 0.333 e. The number of nitrogens with zero attached hydrogens (tertiary/aromatic N) is 5. The zero-order valence-electron chi connectivity index (χ0n) is 30.8. The first kappa shape index (κ1) is 38.0. The molecule has 17 nitrogen and oxygen atoms in total. The normalized spacial score (nSPS) is 31.3. The standard InChI is InChI=1S/C37H45N5O12/c1-36(2)51-29-25(49-33(32(29)54-36)41-16-15-26(44)42(35(41)45)18-20-7-11-22(46-5)12-8-20)17-24(43)28-31-30(52-37(3,4)53-31)27(39-40-38)34(50-28)48-19-21-9-13-23(47-6)14-10-21/h7-16,24-25,27-34,43H,17-19H2,1-6H3/t24-,25-,27-,28-,29-,30-,31+,32-,33-,34-/m1/s1. The molecule has 0 amide bonds. The molecule has 0 aliphatic carbocycles. The Morgan fingerprint density at radius 1 is 0.833 bits per heavy atom. The van der Waals surface area contributed by atoms with Gasteiger partial charge in [0.1, 0.15) is 48.1 Å². The van der Waals surface area contributed by atoms with Crippen LogP contribution in [0.5, 0.6) is 11.5 Å². The van der Waals surface area contributed by atoms with Gasteiger partial charge in [-0.2, -0.15) is 0 Å². The van der Waals surface area contributed by atoms with Crippen molar-refractivity contribution in [1.82, 2.24) is 9.13 Å². The van der Waals surface area contributed by atoms with Gasteiger partial charge in [0.2, 0.25) is 0 Å². The van der Waals surface area contributed by atoms with Crippen LogP contribution < -0.4 is 20.7 Å². The van der Waals surface area contributed by atoms with Crippen LogP contribution in [0.3, 0.4) is 0 Å². The predicted octanol–water partition coefficient (Wildman–Crippen LogP) is 3.38. The van der Waals surface area contributed by atoms with Gasteiger partial charge in [0.25, 0.3) is 5.56 Å². The van der Waals surface area contributed by atoms with Gasteiger partial charge in [0.05, 0.1) is 39.6 Å². The molecule has 290 valence electrons. The fourth-order valence-electron chi connectivity index (χ4n) is 7.56. The van der Waals surface area contributed by atoms with Crippen LogP contribution in [-0.2, 0) is 46.3 Å². The third-order valence-corrected chi connectivity index (χ3v) is 10.0. The predicted molar refractivity (Wildman–Crippen MR) is 189 cm³/mol. The third-order valence-electron chi connectivity index (χ3n) is 10.0. The van der Waals surface area contributed by atoms with E-state index >= 15 is 0 Å². The van der Waals surface area contributed by atoms with Crippen molar-refractivity contribution in [3.05, 3.63) is 103 Å². The van der Waals surface area contributed by atoms with E-state index in [9.17, 15) is 20.2 Å². The van der Waals surface area contributed by atoms with Crippen LogP contribution in [0.2, 0.25) is 0 Å². The van der Waals surface area contributed by atoms with Crippen LogP contribution in [0, 0.1) is 0 Å². The number of azide groups is 1. The number of hydrogen-bond acceptors (Lipinski definition) is 13. The van der Waals surface area contributed by atoms with Crippen molar-refractivity contribution >= 4 is 0 Å². The molecule has 0 bridgehead atoms. The fraction of sp³-hybridized carbons (Fsp3) is 0.568. The molecule has 4 saturated heterocycles. The van der Waals surface area contributed by atoms with Gasteiger partial charge in [0.15, 0.2) is 24.1 Å². The van der Waals surface area contributed by atoms with Gasteiger partial charge in [0, 0.05) is 23.6 Å². The average molecular weight is 752 g/mol. The molecule has 4 fully saturated rings. The van der Waals surface area contributed by atoms with Crippen molar-refractivity contribution < 1.29 is 47.7 Å². The molecule has 4 aliphatic heterocycles. The monoisotopic (exact) mass is 751 g/mol. The van der Waals surface area contributed by atoms with E-state index in [-0.39, 0.29) is 19.6 Å². The summed E-state index contributed by atoms with van der Waals surface area (Å²) < 4.78 is 57.0. The van der Waals surface area contributed by atoms with E-state index in [0.717, 1.165) is 15.7 Å². The van der Waals surface area contributed by atoms with Crippen molar-refractivity contribution in [2.24, 2.45) is 5.11 Å². The van der Waals surface area contributed by atoms with E-state index < -0.39 is 84.1 Å². The summed E-state index contributed by atoms with van der Waals surface area (Å²) in [4.78, 5) is 29.9. The Bertz CT molecular complexity index is 1960. The summed E-state index contributed by atoms with van der Waals surface area (Å²) in [5, 5.41) is 15.9. The number of rotatable bonds is 12. The molecule has 0 radical (unpaired) electrons. The average Bonchev–Trinajstić information content (AvgIpc) is 3.76. The van der Waals surface area contributed by atoms with Crippen molar-refractivity contribution in [1.29, 1.82) is 0 Å². The molecule has 5 heterocycles. The van der Waals surface area contributed by atoms with E-state index in [4.69, 9.17) is 42.6 Å². The number of aromatic nitrogens is 2. The molecule has 3 aromatic rings. The van der Waals surface area contributed by atoms with E-state index in [1.165, 1.54) is 16.8 Å². The lowest BCUT2D eigenvalue weighted by Gasteiger charge is -2.42. The number of aliphatic hydroxyl groups excluding tert-OH is 1. The second-order valence-electron chi connectivity index (χ2n) is 14.6. The lowest BCUT2D eigenvalue weighted by molar-refractivity contribution is -0.266. The zero-order valence-corrected chi connectivity index (χ0v) is 30.8. The van der Waals surface area contributed by atoms with E-state index in [0.29, 0.717) is 11.5 Å². The molecule has 0 unspecified atom stereocenters. The molecule has 54 heavy (non-hydrogen) atoms. The van der Waals surface area contributed by atoms with Gasteiger partial charge in [-0.05, 0) is 68.6 Å². The van der Waals surface area contributed by atoms with Gasteiger partial charge in [-0.15, -0.1) is 0 Å². The van der Waals surface area contributed by atoms with Gasteiger partial charge >= 0.3 is 5.69 Å². The number of aliphatic hydroxyl groups is 1. The van der Waals surface area contributed by atoms with Crippen molar-refractivity contribution in [2.75, 3.05) is 14.2 Å². The lowest BCUT2D eigenvalue weighted by atomic mass is 9.91. The number of methoxy groups -OCH3 is 2. The summed E-state index contributed by atoms with van der Waals surface area (Å²) in [6.07, 6.45) is -6.95. The van der Waals surface area contributed by atoms with Crippen molar-refractivity contribution in [3.8, 4) is 11.5 Å². The summed E-state index contributed by atoms with van der Waals surface area (Å²) in [6.45, 7) is 7.08. The second-order valence-corrected chi connectivity index (χ2v) is 14.6. The summed E-state index contributed by atoms with van der Waals surface area (Å²) >= 11 is 0. The Kier molecular flexibility index (Phi) is 10.6. The molecule has 10 atom stereocenters. The highest BCUT2D eigenvalue weighted by Gasteiger charge is 2.60. The summed E-state index contributed by atoms with van der Waals surface area (Å²) in [5.74, 6) is -0.798. The van der Waals surface area contributed by atoms with Crippen molar-refractivity contribution in [3.63, 3.8) is 0 Å². The number of hydrogen-bond donors (Lipinski definition) is 1. The van der Waals surface area contributed by atoms with Gasteiger partial charge < -0.3 is 47.7 Å². The van der Waals surface area contributed by atoms with Crippen LogP contribution in [0.1, 0.15) is 51.5 Å². The van der Waals surface area contributed by atoms with E-state index in [1.54, 1.807) is 78.3 Å². The Morgan fingerprint density at radius 3 is 2.06 bits per heavy atom. The molecule has 1 N–H and O–H groups in total. The molecular weight excluding hydrogens is 706 g/mol. The first-order chi connectivity index (χ1) is 25.8.